The van der Waals surface area contributed by atoms with Crippen molar-refractivity contribution in [2.45, 2.75) is 12.8 Å². The molecule has 0 fully saturated rings. The van der Waals surface area contributed by atoms with Crippen LogP contribution in [0.3, 0.4) is 0 Å². The van der Waals surface area contributed by atoms with Crippen molar-refractivity contribution >= 4 is 0 Å². The van der Waals surface area contributed by atoms with E-state index in [2.05, 4.69) is 6.07 Å². The van der Waals surface area contributed by atoms with Gasteiger partial charge in [-0.15, -0.1) is 0 Å². The second-order valence-corrected chi connectivity index (χ2v) is 2.72. The van der Waals surface area contributed by atoms with Gasteiger partial charge in [-0.25, -0.2) is 0 Å². The lowest BCUT2D eigenvalue weighted by molar-refractivity contribution is 0.285. The lowest BCUT2D eigenvalue weighted by atomic mass is 9.97. The van der Waals surface area contributed by atoms with Gasteiger partial charge in [-0.3, -0.25) is 0 Å². The van der Waals surface area contributed by atoms with Gasteiger partial charge in [-0.1, -0.05) is 24.3 Å². The Morgan fingerprint density at radius 2 is 2.17 bits per heavy atom. The summed E-state index contributed by atoms with van der Waals surface area (Å²) in [5, 5.41) is 17.6. The number of rotatable bonds is 2. The molecule has 0 saturated carbocycles. The van der Waals surface area contributed by atoms with Crippen molar-refractivity contribution in [3.8, 4) is 6.07 Å². The van der Waals surface area contributed by atoms with Crippen LogP contribution in [-0.2, 0) is 0 Å². The van der Waals surface area contributed by atoms with E-state index >= 15 is 0 Å². The van der Waals surface area contributed by atoms with Crippen LogP contribution < -0.4 is 0 Å². The molecule has 1 rings (SSSR count). The summed E-state index contributed by atoms with van der Waals surface area (Å²) in [6, 6.07) is 9.67. The van der Waals surface area contributed by atoms with Crippen molar-refractivity contribution in [2.24, 2.45) is 0 Å². The summed E-state index contributed by atoms with van der Waals surface area (Å²) in [6.07, 6.45) is 0. The molecule has 1 unspecified atom stereocenters. The summed E-state index contributed by atoms with van der Waals surface area (Å²) in [5.41, 5.74) is 1.97. The van der Waals surface area contributed by atoms with Crippen molar-refractivity contribution in [1.82, 2.24) is 0 Å². The molecule has 0 aliphatic carbocycles. The minimum Gasteiger partial charge on any atom is -0.395 e. The molecule has 2 nitrogen and oxygen atoms in total. The van der Waals surface area contributed by atoms with Crippen molar-refractivity contribution in [2.75, 3.05) is 6.61 Å². The molecule has 62 valence electrons. The van der Waals surface area contributed by atoms with Gasteiger partial charge in [0.2, 0.25) is 0 Å². The molecule has 1 N–H and O–H groups in total. The normalized spacial score (nSPS) is 12.1. The Morgan fingerprint density at radius 3 is 2.67 bits per heavy atom. The van der Waals surface area contributed by atoms with Crippen LogP contribution in [0.15, 0.2) is 24.3 Å². The first-order valence-corrected chi connectivity index (χ1v) is 3.85. The molecule has 0 heterocycles. The van der Waals surface area contributed by atoms with E-state index in [1.165, 1.54) is 0 Å². The number of nitrogens with zero attached hydrogens (tertiary/aromatic N) is 1. The first-order chi connectivity index (χ1) is 5.79. The lowest BCUT2D eigenvalue weighted by Crippen LogP contribution is -2.02. The molecule has 0 amide bonds. The summed E-state index contributed by atoms with van der Waals surface area (Å²) < 4.78 is 0. The van der Waals surface area contributed by atoms with E-state index in [0.717, 1.165) is 11.1 Å². The van der Waals surface area contributed by atoms with Gasteiger partial charge in [0, 0.05) is 0 Å². The van der Waals surface area contributed by atoms with Crippen molar-refractivity contribution in [3.05, 3.63) is 35.4 Å². The first-order valence-electron chi connectivity index (χ1n) is 3.85. The molecular weight excluding hydrogens is 150 g/mol. The van der Waals surface area contributed by atoms with Crippen LogP contribution in [0.4, 0.5) is 0 Å². The average Bonchev–Trinajstić information content (AvgIpc) is 2.10. The second-order valence-electron chi connectivity index (χ2n) is 2.72. The van der Waals surface area contributed by atoms with Crippen molar-refractivity contribution in [3.63, 3.8) is 0 Å². The minimum atomic E-state index is -0.383. The van der Waals surface area contributed by atoms with Crippen LogP contribution in [-0.4, -0.2) is 11.7 Å². The van der Waals surface area contributed by atoms with Crippen LogP contribution in [0.2, 0.25) is 0 Å². The molecule has 1 aromatic rings. The Labute approximate surface area is 72.1 Å². The number of hydrogen-bond acceptors (Lipinski definition) is 2. The molecule has 12 heavy (non-hydrogen) atoms. The number of benzene rings is 1. The second kappa shape index (κ2) is 3.89. The quantitative estimate of drug-likeness (QED) is 0.715. The van der Waals surface area contributed by atoms with Gasteiger partial charge in [0.25, 0.3) is 0 Å². The summed E-state index contributed by atoms with van der Waals surface area (Å²) in [7, 11) is 0. The number of hydrogen-bond donors (Lipinski definition) is 1. The van der Waals surface area contributed by atoms with Gasteiger partial charge in [-0.05, 0) is 18.1 Å². The maximum atomic E-state index is 8.88. The van der Waals surface area contributed by atoms with Crippen LogP contribution in [0, 0.1) is 18.3 Å². The van der Waals surface area contributed by atoms with E-state index in [4.69, 9.17) is 10.4 Å². The standard InChI is InChI=1S/C10H11NO/c1-8-4-2-3-5-10(8)9(6-11)7-12/h2-5,9,12H,7H2,1H3. The lowest BCUT2D eigenvalue weighted by Gasteiger charge is -2.08. The molecule has 1 aromatic carbocycles. The predicted octanol–water partition coefficient (Wildman–Crippen LogP) is 1.59. The number of aliphatic hydroxyl groups excluding tert-OH is 1. The Bertz CT molecular complexity index is 301. The summed E-state index contributed by atoms with van der Waals surface area (Å²) in [4.78, 5) is 0. The molecule has 0 spiro atoms. The topological polar surface area (TPSA) is 44.0 Å². The molecule has 1 atom stereocenters. The molecule has 0 aliphatic heterocycles. The zero-order chi connectivity index (χ0) is 8.97. The SMILES string of the molecule is Cc1ccccc1C(C#N)CO. The molecule has 0 radical (unpaired) electrons. The third kappa shape index (κ3) is 1.63. The Hall–Kier alpha value is -1.33. The molecular formula is C10H11NO. The molecule has 2 heteroatoms. The Kier molecular flexibility index (Phi) is 2.84. The Balaban J connectivity index is 3.02. The highest BCUT2D eigenvalue weighted by atomic mass is 16.3. The fourth-order valence-corrected chi connectivity index (χ4v) is 1.19. The molecule has 0 aromatic heterocycles. The maximum absolute atomic E-state index is 8.88. The first kappa shape index (κ1) is 8.76. The minimum absolute atomic E-state index is 0.110. The third-order valence-electron chi connectivity index (χ3n) is 1.90. The highest BCUT2D eigenvalue weighted by Crippen LogP contribution is 2.17. The predicted molar refractivity (Wildman–Crippen MR) is 46.6 cm³/mol. The van der Waals surface area contributed by atoms with E-state index in [0.29, 0.717) is 0 Å². The highest BCUT2D eigenvalue weighted by molar-refractivity contribution is 5.32. The summed E-state index contributed by atoms with van der Waals surface area (Å²) in [5.74, 6) is -0.383. The van der Waals surface area contributed by atoms with Crippen molar-refractivity contribution < 1.29 is 5.11 Å². The third-order valence-corrected chi connectivity index (χ3v) is 1.90. The van der Waals surface area contributed by atoms with E-state index in [1.54, 1.807) is 0 Å². The average molecular weight is 161 g/mol. The Morgan fingerprint density at radius 1 is 1.50 bits per heavy atom. The van der Waals surface area contributed by atoms with Gasteiger partial charge in [0.1, 0.15) is 0 Å². The number of nitriles is 1. The number of aliphatic hydroxyl groups is 1. The van der Waals surface area contributed by atoms with Crippen molar-refractivity contribution in [1.29, 1.82) is 5.26 Å². The smallest absolute Gasteiger partial charge is 0.0946 e. The van der Waals surface area contributed by atoms with E-state index in [9.17, 15) is 0 Å². The summed E-state index contributed by atoms with van der Waals surface area (Å²) >= 11 is 0. The zero-order valence-electron chi connectivity index (χ0n) is 6.99. The van der Waals surface area contributed by atoms with Crippen LogP contribution >= 0.6 is 0 Å². The van der Waals surface area contributed by atoms with Gasteiger partial charge in [0.15, 0.2) is 0 Å². The van der Waals surface area contributed by atoms with Gasteiger partial charge in [-0.2, -0.15) is 5.26 Å². The van der Waals surface area contributed by atoms with Gasteiger partial charge < -0.3 is 5.11 Å². The van der Waals surface area contributed by atoms with Crippen LogP contribution in [0.1, 0.15) is 17.0 Å². The van der Waals surface area contributed by atoms with Gasteiger partial charge in [0.05, 0.1) is 18.6 Å². The zero-order valence-corrected chi connectivity index (χ0v) is 6.99. The maximum Gasteiger partial charge on any atom is 0.0946 e. The monoisotopic (exact) mass is 161 g/mol. The number of aryl methyl sites for hydroxylation is 1. The molecule has 0 saturated heterocycles. The van der Waals surface area contributed by atoms with E-state index in [1.807, 2.05) is 31.2 Å². The van der Waals surface area contributed by atoms with E-state index < -0.39 is 0 Å². The van der Waals surface area contributed by atoms with Crippen LogP contribution in [0.25, 0.3) is 0 Å². The fraction of sp³-hybridized carbons (Fsp3) is 0.300. The highest BCUT2D eigenvalue weighted by Gasteiger charge is 2.09. The van der Waals surface area contributed by atoms with E-state index in [-0.39, 0.29) is 12.5 Å². The molecule has 0 bridgehead atoms. The largest absolute Gasteiger partial charge is 0.395 e. The van der Waals surface area contributed by atoms with Crippen LogP contribution in [0.5, 0.6) is 0 Å². The fourth-order valence-electron chi connectivity index (χ4n) is 1.19. The van der Waals surface area contributed by atoms with Gasteiger partial charge >= 0.3 is 0 Å². The molecule has 0 aliphatic rings. The summed E-state index contributed by atoms with van der Waals surface area (Å²) in [6.45, 7) is 1.83.